The maximum absolute atomic E-state index is 12.7. The lowest BCUT2D eigenvalue weighted by molar-refractivity contribution is 0.0605. The molecule has 3 rings (SSSR count). The number of aryl methyl sites for hydroxylation is 1. The van der Waals surface area contributed by atoms with Crippen molar-refractivity contribution < 1.29 is 14.8 Å². The van der Waals surface area contributed by atoms with Gasteiger partial charge in [-0.05, 0) is 25.1 Å². The number of rotatable bonds is 2. The molecule has 1 atom stereocenters. The first kappa shape index (κ1) is 14.4. The number of nitrogens with zero attached hydrogens (tertiary/aromatic N) is 3. The highest BCUT2D eigenvalue weighted by atomic mass is 16.5. The molecule has 2 amide bonds. The van der Waals surface area contributed by atoms with Crippen molar-refractivity contribution >= 4 is 11.8 Å². The lowest BCUT2D eigenvalue weighted by Gasteiger charge is -2.34. The van der Waals surface area contributed by atoms with Gasteiger partial charge >= 0.3 is 0 Å². The zero-order valence-electron chi connectivity index (χ0n) is 12.5. The smallest absolute Gasteiger partial charge is 0.276 e. The Morgan fingerprint density at radius 3 is 2.82 bits per heavy atom. The Labute approximate surface area is 127 Å². The van der Waals surface area contributed by atoms with Crippen LogP contribution in [0.15, 0.2) is 30.6 Å². The maximum atomic E-state index is 12.7. The Balaban J connectivity index is 1.88. The fourth-order valence-electron chi connectivity index (χ4n) is 2.86. The van der Waals surface area contributed by atoms with E-state index in [9.17, 15) is 9.59 Å². The van der Waals surface area contributed by atoms with Gasteiger partial charge in [-0.25, -0.2) is 5.48 Å². The molecule has 7 nitrogen and oxygen atoms in total. The Kier molecular flexibility index (Phi) is 3.50. The van der Waals surface area contributed by atoms with Crippen LogP contribution in [0.1, 0.15) is 33.5 Å². The highest BCUT2D eigenvalue weighted by Crippen LogP contribution is 2.22. The van der Waals surface area contributed by atoms with Gasteiger partial charge in [-0.3, -0.25) is 14.8 Å². The molecule has 0 saturated heterocycles. The Hall–Kier alpha value is -2.54. The van der Waals surface area contributed by atoms with Gasteiger partial charge in [0.05, 0.1) is 12.1 Å². The third-order valence-electron chi connectivity index (χ3n) is 4.10. The molecule has 7 heteroatoms. The summed E-state index contributed by atoms with van der Waals surface area (Å²) in [5, 5.41) is 8.72. The summed E-state index contributed by atoms with van der Waals surface area (Å²) in [7, 11) is 1.84. The third kappa shape index (κ3) is 2.29. The van der Waals surface area contributed by atoms with Gasteiger partial charge in [0.15, 0.2) is 0 Å². The van der Waals surface area contributed by atoms with E-state index in [2.05, 4.69) is 0 Å². The first-order valence-corrected chi connectivity index (χ1v) is 7.07. The van der Waals surface area contributed by atoms with Crippen molar-refractivity contribution in [1.82, 2.24) is 19.5 Å². The number of aromatic nitrogens is 2. The molecule has 0 bridgehead atoms. The Morgan fingerprint density at radius 2 is 2.18 bits per heavy atom. The van der Waals surface area contributed by atoms with Gasteiger partial charge in [0.2, 0.25) is 0 Å². The molecule has 1 aliphatic heterocycles. The summed E-state index contributed by atoms with van der Waals surface area (Å²) in [4.78, 5) is 26.0. The van der Waals surface area contributed by atoms with Crippen molar-refractivity contribution in [2.24, 2.45) is 7.05 Å². The second-order valence-corrected chi connectivity index (χ2v) is 5.60. The lowest BCUT2D eigenvalue weighted by atomic mass is 10.1. The van der Waals surface area contributed by atoms with E-state index in [-0.39, 0.29) is 11.9 Å². The van der Waals surface area contributed by atoms with Crippen LogP contribution in [0.5, 0.6) is 0 Å². The highest BCUT2D eigenvalue weighted by molar-refractivity contribution is 5.94. The van der Waals surface area contributed by atoms with E-state index in [0.29, 0.717) is 24.3 Å². The van der Waals surface area contributed by atoms with Crippen LogP contribution in [0.25, 0.3) is 0 Å². The van der Waals surface area contributed by atoms with E-state index in [1.807, 2.05) is 30.8 Å². The average molecular weight is 302 g/mol. The van der Waals surface area contributed by atoms with Gasteiger partial charge in [-0.2, -0.15) is 0 Å². The van der Waals surface area contributed by atoms with Crippen molar-refractivity contribution in [3.05, 3.63) is 47.5 Å². The molecule has 2 N–H and O–H groups in total. The summed E-state index contributed by atoms with van der Waals surface area (Å²) in [5.74, 6) is -0.574. The van der Waals surface area contributed by atoms with Gasteiger partial charge in [-0.15, -0.1) is 0 Å². The summed E-state index contributed by atoms with van der Waals surface area (Å²) in [6.07, 6.45) is 3.54. The number of hydrogen-bond donors (Lipinski definition) is 2. The summed E-state index contributed by atoms with van der Waals surface area (Å²) in [6.45, 7) is 3.03. The van der Waals surface area contributed by atoms with E-state index >= 15 is 0 Å². The van der Waals surface area contributed by atoms with Gasteiger partial charge in [-0.1, -0.05) is 0 Å². The second kappa shape index (κ2) is 5.34. The van der Waals surface area contributed by atoms with E-state index in [4.69, 9.17) is 5.21 Å². The molecule has 1 aliphatic rings. The molecule has 0 aromatic carbocycles. The standard InChI is InChI=1S/C15H18N4O3/c1-10-7-18-8-11(14(20)16-22)6-12(18)9-19(10)15(21)13-4-3-5-17(13)2/h3-6,8,10,22H,7,9H2,1-2H3,(H,16,20). The molecular weight excluding hydrogens is 284 g/mol. The molecule has 0 aliphatic carbocycles. The van der Waals surface area contributed by atoms with Crippen LogP contribution in [0, 0.1) is 0 Å². The van der Waals surface area contributed by atoms with Crippen molar-refractivity contribution in [2.75, 3.05) is 0 Å². The third-order valence-corrected chi connectivity index (χ3v) is 4.10. The molecule has 0 spiro atoms. The number of hydrogen-bond acceptors (Lipinski definition) is 3. The van der Waals surface area contributed by atoms with Crippen LogP contribution in [0.2, 0.25) is 0 Å². The molecule has 0 saturated carbocycles. The van der Waals surface area contributed by atoms with Gasteiger partial charge in [0, 0.05) is 37.7 Å². The van der Waals surface area contributed by atoms with Crippen LogP contribution in [-0.2, 0) is 20.1 Å². The van der Waals surface area contributed by atoms with Crippen LogP contribution in [0.3, 0.4) is 0 Å². The monoisotopic (exact) mass is 302 g/mol. The topological polar surface area (TPSA) is 79.5 Å². The van der Waals surface area contributed by atoms with Crippen LogP contribution in [0.4, 0.5) is 0 Å². The number of nitrogens with one attached hydrogen (secondary N) is 1. The summed E-state index contributed by atoms with van der Waals surface area (Å²) >= 11 is 0. The predicted octanol–water partition coefficient (Wildman–Crippen LogP) is 0.990. The quantitative estimate of drug-likeness (QED) is 0.641. The fraction of sp³-hybridized carbons (Fsp3) is 0.333. The SMILES string of the molecule is CC1Cn2cc(C(=O)NO)cc2CN1C(=O)c1cccn1C. The highest BCUT2D eigenvalue weighted by Gasteiger charge is 2.29. The van der Waals surface area contributed by atoms with Crippen molar-refractivity contribution in [3.63, 3.8) is 0 Å². The largest absolute Gasteiger partial charge is 0.347 e. The van der Waals surface area contributed by atoms with E-state index in [1.165, 1.54) is 0 Å². The van der Waals surface area contributed by atoms with Crippen molar-refractivity contribution in [3.8, 4) is 0 Å². The first-order valence-electron chi connectivity index (χ1n) is 7.07. The molecule has 3 heterocycles. The van der Waals surface area contributed by atoms with Gasteiger partial charge in [0.1, 0.15) is 5.69 Å². The second-order valence-electron chi connectivity index (χ2n) is 5.60. The zero-order chi connectivity index (χ0) is 15.9. The summed E-state index contributed by atoms with van der Waals surface area (Å²) in [6, 6.07) is 5.36. The zero-order valence-corrected chi connectivity index (χ0v) is 12.5. The number of hydroxylamine groups is 1. The molecule has 0 fully saturated rings. The number of carbonyl (C=O) groups excluding carboxylic acids is 2. The van der Waals surface area contributed by atoms with Crippen molar-refractivity contribution in [2.45, 2.75) is 26.1 Å². The minimum absolute atomic E-state index is 0.0207. The molecule has 116 valence electrons. The lowest BCUT2D eigenvalue weighted by Crippen LogP contribution is -2.44. The number of fused-ring (bicyclic) bond motifs is 1. The van der Waals surface area contributed by atoms with Gasteiger partial charge < -0.3 is 14.0 Å². The molecule has 0 radical (unpaired) electrons. The van der Waals surface area contributed by atoms with Crippen LogP contribution >= 0.6 is 0 Å². The minimum atomic E-state index is -0.546. The molecule has 2 aromatic rings. The summed E-state index contributed by atoms with van der Waals surface area (Å²) in [5.41, 5.74) is 3.53. The first-order chi connectivity index (χ1) is 10.5. The van der Waals surface area contributed by atoms with E-state index in [0.717, 1.165) is 5.69 Å². The molecule has 2 aromatic heterocycles. The molecule has 1 unspecified atom stereocenters. The van der Waals surface area contributed by atoms with Crippen LogP contribution < -0.4 is 5.48 Å². The van der Waals surface area contributed by atoms with Crippen LogP contribution in [-0.4, -0.2) is 37.1 Å². The molecular formula is C15H18N4O3. The normalized spacial score (nSPS) is 17.2. The predicted molar refractivity (Wildman–Crippen MR) is 78.4 cm³/mol. The van der Waals surface area contributed by atoms with Crippen molar-refractivity contribution in [1.29, 1.82) is 0 Å². The number of carbonyl (C=O) groups is 2. The molecule has 22 heavy (non-hydrogen) atoms. The maximum Gasteiger partial charge on any atom is 0.276 e. The Bertz CT molecular complexity index is 731. The van der Waals surface area contributed by atoms with Gasteiger partial charge in [0.25, 0.3) is 11.8 Å². The fourth-order valence-corrected chi connectivity index (χ4v) is 2.86. The Morgan fingerprint density at radius 1 is 1.41 bits per heavy atom. The number of amides is 2. The minimum Gasteiger partial charge on any atom is -0.347 e. The summed E-state index contributed by atoms with van der Waals surface area (Å²) < 4.78 is 3.75. The van der Waals surface area contributed by atoms with E-state index < -0.39 is 5.91 Å². The van der Waals surface area contributed by atoms with E-state index in [1.54, 1.807) is 33.3 Å². The average Bonchev–Trinajstić information content (AvgIpc) is 3.10.